The number of rotatable bonds is 4. The summed E-state index contributed by atoms with van der Waals surface area (Å²) < 4.78 is 39.8. The predicted molar refractivity (Wildman–Crippen MR) is 72.8 cm³/mol. The zero-order valence-corrected chi connectivity index (χ0v) is 11.8. The molecule has 1 aromatic rings. The van der Waals surface area contributed by atoms with E-state index < -0.39 is 36.3 Å². The van der Waals surface area contributed by atoms with E-state index in [1.54, 1.807) is 0 Å². The van der Waals surface area contributed by atoms with Crippen molar-refractivity contribution < 1.29 is 28.2 Å². The Morgan fingerprint density at radius 1 is 1.23 bits per heavy atom. The van der Waals surface area contributed by atoms with E-state index >= 15 is 0 Å². The Kier molecular flexibility index (Phi) is 4.77. The molecule has 0 aromatic heterocycles. The quantitative estimate of drug-likeness (QED) is 0.794. The van der Waals surface area contributed by atoms with Crippen molar-refractivity contribution >= 4 is 5.91 Å². The normalized spacial score (nSPS) is 24.8. The molecule has 0 heterocycles. The second kappa shape index (κ2) is 6.26. The number of nitrogens with one attached hydrogen (secondary N) is 1. The highest BCUT2D eigenvalue weighted by Crippen LogP contribution is 2.41. The molecule has 3 atom stereocenters. The number of aliphatic hydroxyl groups is 2. The molecule has 0 spiro atoms. The molecular weight excluding hydrogens is 299 g/mol. The molecule has 0 aliphatic heterocycles. The molecule has 2 rings (SSSR count). The third kappa shape index (κ3) is 3.41. The summed E-state index contributed by atoms with van der Waals surface area (Å²) in [6.45, 7) is 0. The summed E-state index contributed by atoms with van der Waals surface area (Å²) in [7, 11) is 0. The number of carbonyl (C=O) groups excluding carboxylic acids is 1. The van der Waals surface area contributed by atoms with Gasteiger partial charge in [0.15, 0.2) is 5.60 Å². The molecule has 4 nitrogen and oxygen atoms in total. The first-order valence-corrected chi connectivity index (χ1v) is 7.06. The van der Waals surface area contributed by atoms with Gasteiger partial charge in [-0.3, -0.25) is 4.79 Å². The van der Waals surface area contributed by atoms with Gasteiger partial charge in [0.05, 0.1) is 18.6 Å². The summed E-state index contributed by atoms with van der Waals surface area (Å²) in [5.74, 6) is -0.936. The molecule has 3 N–H and O–H groups in total. The molecule has 0 unspecified atom stereocenters. The van der Waals surface area contributed by atoms with Crippen molar-refractivity contribution in [1.82, 2.24) is 5.32 Å². The average Bonchev–Trinajstić information content (AvgIpc) is 2.83. The van der Waals surface area contributed by atoms with Crippen LogP contribution in [0.1, 0.15) is 31.2 Å². The molecule has 0 radical (unpaired) electrons. The maximum Gasteiger partial charge on any atom is 0.421 e. The molecule has 1 aromatic carbocycles. The highest BCUT2D eigenvalue weighted by molar-refractivity contribution is 5.78. The molecule has 0 bridgehead atoms. The third-order valence-corrected chi connectivity index (χ3v) is 3.96. The van der Waals surface area contributed by atoms with Crippen LogP contribution in [0.5, 0.6) is 0 Å². The molecule has 1 fully saturated rings. The van der Waals surface area contributed by atoms with Crippen molar-refractivity contribution in [3.05, 3.63) is 35.9 Å². The molecule has 1 amide bonds. The Bertz CT molecular complexity index is 521. The zero-order chi connectivity index (χ0) is 16.4. The summed E-state index contributed by atoms with van der Waals surface area (Å²) in [6.07, 6.45) is -5.15. The maximum atomic E-state index is 13.3. The Labute approximate surface area is 126 Å². The second-order valence-corrected chi connectivity index (χ2v) is 5.57. The average molecular weight is 317 g/mol. The fourth-order valence-corrected chi connectivity index (χ4v) is 2.68. The van der Waals surface area contributed by atoms with Crippen molar-refractivity contribution in [2.75, 3.05) is 0 Å². The van der Waals surface area contributed by atoms with Gasteiger partial charge < -0.3 is 15.5 Å². The number of carbonyl (C=O) groups is 1. The van der Waals surface area contributed by atoms with Crippen LogP contribution in [0.4, 0.5) is 13.2 Å². The van der Waals surface area contributed by atoms with Gasteiger partial charge >= 0.3 is 6.18 Å². The van der Waals surface area contributed by atoms with Gasteiger partial charge in [-0.15, -0.1) is 0 Å². The summed E-state index contributed by atoms with van der Waals surface area (Å²) >= 11 is 0. The first kappa shape index (κ1) is 16.8. The maximum absolute atomic E-state index is 13.3. The Balaban J connectivity index is 2.15. The van der Waals surface area contributed by atoms with Gasteiger partial charge in [-0.25, -0.2) is 0 Å². The molecule has 1 saturated carbocycles. The zero-order valence-electron chi connectivity index (χ0n) is 11.8. The monoisotopic (exact) mass is 317 g/mol. The Morgan fingerprint density at radius 3 is 2.36 bits per heavy atom. The van der Waals surface area contributed by atoms with Crippen molar-refractivity contribution in [2.24, 2.45) is 0 Å². The standard InChI is InChI=1S/C15H18F3NO3/c16-15(17,18)14(22,10-5-2-1-3-6-10)9-13(21)19-11-7-4-8-12(11)20/h1-3,5-6,11-12,20,22H,4,7-9H2,(H,19,21)/t11-,12+,14-/m0/s1. The minimum atomic E-state index is -4.99. The summed E-state index contributed by atoms with van der Waals surface area (Å²) in [4.78, 5) is 11.9. The van der Waals surface area contributed by atoms with Crippen LogP contribution in [0.2, 0.25) is 0 Å². The number of halogens is 3. The minimum absolute atomic E-state index is 0.385. The summed E-state index contributed by atoms with van der Waals surface area (Å²) in [5.41, 5.74) is -3.63. The third-order valence-electron chi connectivity index (χ3n) is 3.96. The molecule has 7 heteroatoms. The van der Waals surface area contributed by atoms with E-state index in [2.05, 4.69) is 5.32 Å². The van der Waals surface area contributed by atoms with E-state index in [-0.39, 0.29) is 5.56 Å². The number of alkyl halides is 3. The van der Waals surface area contributed by atoms with Crippen molar-refractivity contribution in [2.45, 2.75) is 49.6 Å². The smallest absolute Gasteiger partial charge is 0.391 e. The molecule has 122 valence electrons. The summed E-state index contributed by atoms with van der Waals surface area (Å²) in [5, 5.41) is 22.1. The van der Waals surface area contributed by atoms with Crippen molar-refractivity contribution in [1.29, 1.82) is 0 Å². The molecule has 1 aliphatic carbocycles. The van der Waals surface area contributed by atoms with Crippen LogP contribution in [0.25, 0.3) is 0 Å². The van der Waals surface area contributed by atoms with E-state index in [9.17, 15) is 28.2 Å². The predicted octanol–water partition coefficient (Wildman–Crippen LogP) is 1.86. The van der Waals surface area contributed by atoms with E-state index in [0.717, 1.165) is 12.1 Å². The van der Waals surface area contributed by atoms with E-state index in [1.807, 2.05) is 0 Å². The topological polar surface area (TPSA) is 69.6 Å². The van der Waals surface area contributed by atoms with Crippen molar-refractivity contribution in [3.8, 4) is 0 Å². The van der Waals surface area contributed by atoms with Gasteiger partial charge in [-0.2, -0.15) is 13.2 Å². The van der Waals surface area contributed by atoms with Crippen LogP contribution in [0.3, 0.4) is 0 Å². The molecule has 22 heavy (non-hydrogen) atoms. The Hall–Kier alpha value is -1.60. The van der Waals surface area contributed by atoms with Crippen LogP contribution >= 0.6 is 0 Å². The van der Waals surface area contributed by atoms with Gasteiger partial charge in [-0.05, 0) is 24.8 Å². The van der Waals surface area contributed by atoms with Crippen LogP contribution in [0.15, 0.2) is 30.3 Å². The van der Waals surface area contributed by atoms with Crippen LogP contribution in [0, 0.1) is 0 Å². The van der Waals surface area contributed by atoms with Crippen LogP contribution in [-0.4, -0.2) is 34.4 Å². The van der Waals surface area contributed by atoms with E-state index in [4.69, 9.17) is 0 Å². The van der Waals surface area contributed by atoms with E-state index in [1.165, 1.54) is 18.2 Å². The number of amides is 1. The lowest BCUT2D eigenvalue weighted by Crippen LogP contribution is -2.48. The molecule has 0 saturated heterocycles. The Morgan fingerprint density at radius 2 is 1.86 bits per heavy atom. The fourth-order valence-electron chi connectivity index (χ4n) is 2.68. The number of hydrogen-bond acceptors (Lipinski definition) is 3. The minimum Gasteiger partial charge on any atom is -0.391 e. The lowest BCUT2D eigenvalue weighted by Gasteiger charge is -2.31. The highest BCUT2D eigenvalue weighted by atomic mass is 19.4. The summed E-state index contributed by atoms with van der Waals surface area (Å²) in [6, 6.07) is 5.96. The van der Waals surface area contributed by atoms with Gasteiger partial charge in [0, 0.05) is 0 Å². The van der Waals surface area contributed by atoms with Gasteiger partial charge in [0.1, 0.15) is 0 Å². The SMILES string of the molecule is O=C(C[C@](O)(c1ccccc1)C(F)(F)F)N[C@H]1CCC[C@H]1O. The first-order valence-electron chi connectivity index (χ1n) is 7.06. The number of benzene rings is 1. The van der Waals surface area contributed by atoms with Gasteiger partial charge in [0.2, 0.25) is 5.91 Å². The van der Waals surface area contributed by atoms with Crippen LogP contribution < -0.4 is 5.32 Å². The van der Waals surface area contributed by atoms with Crippen molar-refractivity contribution in [3.63, 3.8) is 0 Å². The van der Waals surface area contributed by atoms with Crippen LogP contribution in [-0.2, 0) is 10.4 Å². The molecular formula is C15H18F3NO3. The van der Waals surface area contributed by atoms with Gasteiger partial charge in [0.25, 0.3) is 0 Å². The highest BCUT2D eigenvalue weighted by Gasteiger charge is 2.56. The van der Waals surface area contributed by atoms with Gasteiger partial charge in [-0.1, -0.05) is 30.3 Å². The van der Waals surface area contributed by atoms with E-state index in [0.29, 0.717) is 19.3 Å². The fraction of sp³-hybridized carbons (Fsp3) is 0.533. The molecule has 1 aliphatic rings. The lowest BCUT2D eigenvalue weighted by molar-refractivity contribution is -0.267. The first-order chi connectivity index (χ1) is 10.2. The second-order valence-electron chi connectivity index (χ2n) is 5.57. The number of aliphatic hydroxyl groups excluding tert-OH is 1. The number of hydrogen-bond donors (Lipinski definition) is 3. The largest absolute Gasteiger partial charge is 0.421 e. The lowest BCUT2D eigenvalue weighted by atomic mass is 9.89.